The van der Waals surface area contributed by atoms with Crippen LogP contribution in [0.3, 0.4) is 0 Å². The third kappa shape index (κ3) is 15.7. The quantitative estimate of drug-likeness (QED) is 0.187. The third-order valence-electron chi connectivity index (χ3n) is 4.70. The van der Waals surface area contributed by atoms with Gasteiger partial charge in [-0.15, -0.1) is 0 Å². The van der Waals surface area contributed by atoms with Gasteiger partial charge in [0.2, 0.25) is 0 Å². The standard InChI is InChI=1S/C21H41NO5/c1-3-5-6-7-8-9-12-17-26-20(4-2)18-19(13-10-11-15-23)21(25)27-22-14-16-24/h15,19-20,22,24H,3-14,16-18H2,1-2H3. The lowest BCUT2D eigenvalue weighted by Gasteiger charge is -2.22. The van der Waals surface area contributed by atoms with E-state index in [1.165, 1.54) is 38.5 Å². The Balaban J connectivity index is 4.19. The van der Waals surface area contributed by atoms with E-state index >= 15 is 0 Å². The molecule has 6 heteroatoms. The van der Waals surface area contributed by atoms with Crippen LogP contribution >= 0.6 is 0 Å². The lowest BCUT2D eigenvalue weighted by Crippen LogP contribution is -2.30. The first kappa shape index (κ1) is 26.0. The highest BCUT2D eigenvalue weighted by atomic mass is 16.7. The van der Waals surface area contributed by atoms with E-state index < -0.39 is 0 Å². The summed E-state index contributed by atoms with van der Waals surface area (Å²) in [6.45, 7) is 5.13. The summed E-state index contributed by atoms with van der Waals surface area (Å²) in [5.74, 6) is -0.637. The summed E-state index contributed by atoms with van der Waals surface area (Å²) < 4.78 is 5.99. The van der Waals surface area contributed by atoms with Crippen LogP contribution in [-0.2, 0) is 19.2 Å². The molecular formula is C21H41NO5. The molecule has 160 valence electrons. The van der Waals surface area contributed by atoms with Gasteiger partial charge in [0.1, 0.15) is 6.29 Å². The van der Waals surface area contributed by atoms with E-state index in [1.54, 1.807) is 0 Å². The monoisotopic (exact) mass is 387 g/mol. The second-order valence-electron chi connectivity index (χ2n) is 7.09. The fourth-order valence-electron chi connectivity index (χ4n) is 3.01. The van der Waals surface area contributed by atoms with Gasteiger partial charge in [0, 0.05) is 13.0 Å². The molecule has 0 rings (SSSR count). The lowest BCUT2D eigenvalue weighted by molar-refractivity contribution is -0.158. The van der Waals surface area contributed by atoms with Crippen molar-refractivity contribution in [1.29, 1.82) is 0 Å². The number of carbonyl (C=O) groups is 2. The molecule has 0 heterocycles. The number of aldehydes is 1. The number of hydrogen-bond acceptors (Lipinski definition) is 6. The van der Waals surface area contributed by atoms with Crippen molar-refractivity contribution in [2.75, 3.05) is 19.8 Å². The number of hydrogen-bond donors (Lipinski definition) is 2. The largest absolute Gasteiger partial charge is 0.395 e. The molecule has 2 unspecified atom stereocenters. The van der Waals surface area contributed by atoms with Gasteiger partial charge >= 0.3 is 5.97 Å². The molecule has 2 atom stereocenters. The highest BCUT2D eigenvalue weighted by Crippen LogP contribution is 2.20. The Kier molecular flexibility index (Phi) is 19.1. The Morgan fingerprint density at radius 2 is 1.78 bits per heavy atom. The van der Waals surface area contributed by atoms with Gasteiger partial charge in [-0.25, -0.2) is 0 Å². The summed E-state index contributed by atoms with van der Waals surface area (Å²) >= 11 is 0. The molecular weight excluding hydrogens is 346 g/mol. The lowest BCUT2D eigenvalue weighted by atomic mass is 9.94. The maximum Gasteiger partial charge on any atom is 0.327 e. The number of aliphatic hydroxyl groups excluding tert-OH is 1. The van der Waals surface area contributed by atoms with Crippen molar-refractivity contribution in [2.24, 2.45) is 5.92 Å². The van der Waals surface area contributed by atoms with Crippen LogP contribution in [0.4, 0.5) is 0 Å². The zero-order valence-corrected chi connectivity index (χ0v) is 17.4. The van der Waals surface area contributed by atoms with E-state index in [-0.39, 0.29) is 31.1 Å². The van der Waals surface area contributed by atoms with Crippen molar-refractivity contribution >= 4 is 12.3 Å². The number of hydroxylamine groups is 1. The number of nitrogens with one attached hydrogen (secondary N) is 1. The van der Waals surface area contributed by atoms with Crippen LogP contribution in [0, 0.1) is 5.92 Å². The number of unbranched alkanes of at least 4 members (excludes halogenated alkanes) is 7. The zero-order chi connectivity index (χ0) is 20.2. The third-order valence-corrected chi connectivity index (χ3v) is 4.70. The predicted octanol–water partition coefficient (Wildman–Crippen LogP) is 3.95. The number of ether oxygens (including phenoxy) is 1. The summed E-state index contributed by atoms with van der Waals surface area (Å²) in [4.78, 5) is 27.8. The number of carbonyl (C=O) groups excluding carboxylic acids is 2. The normalized spacial score (nSPS) is 13.3. The summed E-state index contributed by atoms with van der Waals surface area (Å²) in [7, 11) is 0. The van der Waals surface area contributed by atoms with Crippen molar-refractivity contribution < 1.29 is 24.3 Å². The molecule has 6 nitrogen and oxygen atoms in total. The van der Waals surface area contributed by atoms with Gasteiger partial charge in [-0.05, 0) is 32.1 Å². The van der Waals surface area contributed by atoms with E-state index in [4.69, 9.17) is 14.7 Å². The molecule has 0 radical (unpaired) electrons. The summed E-state index contributed by atoms with van der Waals surface area (Å²) in [5.41, 5.74) is 2.47. The van der Waals surface area contributed by atoms with Crippen LogP contribution in [0.2, 0.25) is 0 Å². The SMILES string of the molecule is CCCCCCCCCOC(CC)CC(CCCC=O)C(=O)ONCCO. The van der Waals surface area contributed by atoms with Gasteiger partial charge < -0.3 is 19.5 Å². The molecule has 0 aromatic carbocycles. The Labute approximate surface area is 165 Å². The van der Waals surface area contributed by atoms with Gasteiger partial charge in [-0.1, -0.05) is 52.4 Å². The highest BCUT2D eigenvalue weighted by molar-refractivity contribution is 5.72. The van der Waals surface area contributed by atoms with Crippen LogP contribution < -0.4 is 5.48 Å². The molecule has 0 bridgehead atoms. The topological polar surface area (TPSA) is 84.9 Å². The van der Waals surface area contributed by atoms with Crippen molar-refractivity contribution in [3.63, 3.8) is 0 Å². The molecule has 0 aliphatic heterocycles. The Morgan fingerprint density at radius 3 is 2.41 bits per heavy atom. The minimum absolute atomic E-state index is 0.0247. The Hall–Kier alpha value is -0.980. The van der Waals surface area contributed by atoms with Gasteiger partial charge in [-0.3, -0.25) is 4.79 Å². The molecule has 0 aromatic heterocycles. The predicted molar refractivity (Wildman–Crippen MR) is 107 cm³/mol. The second kappa shape index (κ2) is 19.8. The van der Waals surface area contributed by atoms with Crippen LogP contribution in [0.1, 0.15) is 90.9 Å². The molecule has 0 saturated carbocycles. The van der Waals surface area contributed by atoms with E-state index in [2.05, 4.69) is 19.3 Å². The molecule has 0 aliphatic carbocycles. The summed E-state index contributed by atoms with van der Waals surface area (Å²) in [6.07, 6.45) is 12.8. The second-order valence-corrected chi connectivity index (χ2v) is 7.09. The molecule has 0 saturated heterocycles. The van der Waals surface area contributed by atoms with E-state index in [1.807, 2.05) is 0 Å². The van der Waals surface area contributed by atoms with Crippen molar-refractivity contribution in [3.8, 4) is 0 Å². The van der Waals surface area contributed by atoms with Crippen LogP contribution in [0.5, 0.6) is 0 Å². The summed E-state index contributed by atoms with van der Waals surface area (Å²) in [5, 5.41) is 8.76. The van der Waals surface area contributed by atoms with Gasteiger partial charge in [0.05, 0.1) is 25.2 Å². The maximum absolute atomic E-state index is 12.3. The zero-order valence-electron chi connectivity index (χ0n) is 17.4. The number of rotatable bonds is 20. The fourth-order valence-corrected chi connectivity index (χ4v) is 3.01. The molecule has 0 fully saturated rings. The van der Waals surface area contributed by atoms with Crippen molar-refractivity contribution in [3.05, 3.63) is 0 Å². The Morgan fingerprint density at radius 1 is 1.07 bits per heavy atom. The molecule has 0 aliphatic rings. The molecule has 2 N–H and O–H groups in total. The van der Waals surface area contributed by atoms with Gasteiger partial charge in [-0.2, -0.15) is 5.48 Å². The van der Waals surface area contributed by atoms with Gasteiger partial charge in [0.25, 0.3) is 0 Å². The fraction of sp³-hybridized carbons (Fsp3) is 0.905. The van der Waals surface area contributed by atoms with Crippen LogP contribution in [-0.4, -0.2) is 43.2 Å². The molecule has 27 heavy (non-hydrogen) atoms. The van der Waals surface area contributed by atoms with E-state index in [0.717, 1.165) is 25.7 Å². The highest BCUT2D eigenvalue weighted by Gasteiger charge is 2.24. The van der Waals surface area contributed by atoms with Crippen LogP contribution in [0.15, 0.2) is 0 Å². The number of aliphatic hydroxyl groups is 1. The molecule has 0 spiro atoms. The minimum atomic E-state index is -0.340. The van der Waals surface area contributed by atoms with Crippen molar-refractivity contribution in [1.82, 2.24) is 5.48 Å². The Bertz CT molecular complexity index is 351. The molecule has 0 aromatic rings. The smallest absolute Gasteiger partial charge is 0.327 e. The van der Waals surface area contributed by atoms with Crippen molar-refractivity contribution in [2.45, 2.75) is 97.0 Å². The average Bonchev–Trinajstić information content (AvgIpc) is 2.68. The average molecular weight is 388 g/mol. The minimum Gasteiger partial charge on any atom is -0.395 e. The van der Waals surface area contributed by atoms with Gasteiger partial charge in [0.15, 0.2) is 0 Å². The van der Waals surface area contributed by atoms with E-state index in [0.29, 0.717) is 25.7 Å². The van der Waals surface area contributed by atoms with E-state index in [9.17, 15) is 9.59 Å². The first-order chi connectivity index (χ1) is 13.2. The summed E-state index contributed by atoms with van der Waals surface area (Å²) in [6, 6.07) is 0. The first-order valence-electron chi connectivity index (χ1n) is 10.8. The first-order valence-corrected chi connectivity index (χ1v) is 10.8. The maximum atomic E-state index is 12.3. The molecule has 0 amide bonds. The van der Waals surface area contributed by atoms with Crippen LogP contribution in [0.25, 0.3) is 0 Å².